The number of hydrogen-bond acceptors (Lipinski definition) is 2. The van der Waals surface area contributed by atoms with Crippen molar-refractivity contribution in [1.29, 1.82) is 0 Å². The van der Waals surface area contributed by atoms with Gasteiger partial charge in [0.05, 0.1) is 6.10 Å². The number of rotatable bonds is 3. The quantitative estimate of drug-likeness (QED) is 0.916. The van der Waals surface area contributed by atoms with Crippen molar-refractivity contribution in [1.82, 2.24) is 5.32 Å². The van der Waals surface area contributed by atoms with Crippen LogP contribution in [0.4, 0.5) is 0 Å². The zero-order valence-electron chi connectivity index (χ0n) is 11.9. The Balaban J connectivity index is 1.99. The fourth-order valence-corrected chi connectivity index (χ4v) is 3.18. The van der Waals surface area contributed by atoms with Gasteiger partial charge in [0.1, 0.15) is 0 Å². The lowest BCUT2D eigenvalue weighted by molar-refractivity contribution is 0.0763. The van der Waals surface area contributed by atoms with Gasteiger partial charge in [-0.2, -0.15) is 0 Å². The summed E-state index contributed by atoms with van der Waals surface area (Å²) >= 11 is 0. The molecule has 1 aliphatic rings. The zero-order valence-corrected chi connectivity index (χ0v) is 11.9. The molecule has 0 radical (unpaired) electrons. The molecule has 2 aromatic carbocycles. The highest BCUT2D eigenvalue weighted by molar-refractivity contribution is 5.34. The molecule has 20 heavy (non-hydrogen) atoms. The maximum atomic E-state index is 5.86. The van der Waals surface area contributed by atoms with Crippen molar-refractivity contribution < 1.29 is 4.74 Å². The van der Waals surface area contributed by atoms with E-state index in [0.29, 0.717) is 5.92 Å². The number of fused-ring (bicyclic) bond motifs is 1. The minimum absolute atomic E-state index is 0.122. The molecule has 104 valence electrons. The summed E-state index contributed by atoms with van der Waals surface area (Å²) in [6.45, 7) is 1.99. The van der Waals surface area contributed by atoms with Crippen LogP contribution in [0.2, 0.25) is 0 Å². The standard InChI is InChI=1S/C18H21NO/c1-20-18(14-7-3-2-4-8-14)17-11-12-19-13-15-9-5-6-10-16(15)17/h2-10,17-19H,11-13H2,1H3/t17-,18-/m0/s1. The second-order valence-corrected chi connectivity index (χ2v) is 5.34. The van der Waals surface area contributed by atoms with Gasteiger partial charge in [0.15, 0.2) is 0 Å². The first-order valence-corrected chi connectivity index (χ1v) is 7.26. The smallest absolute Gasteiger partial charge is 0.0890 e. The molecule has 0 saturated carbocycles. The van der Waals surface area contributed by atoms with Gasteiger partial charge < -0.3 is 10.1 Å². The third kappa shape index (κ3) is 2.62. The molecule has 0 aromatic heterocycles. The molecule has 1 aliphatic heterocycles. The Bertz CT molecular complexity index is 552. The lowest BCUT2D eigenvalue weighted by atomic mass is 9.85. The number of methoxy groups -OCH3 is 1. The Morgan fingerprint density at radius 2 is 1.80 bits per heavy atom. The summed E-state index contributed by atoms with van der Waals surface area (Å²) in [5, 5.41) is 3.51. The summed E-state index contributed by atoms with van der Waals surface area (Å²) in [5.41, 5.74) is 4.08. The van der Waals surface area contributed by atoms with Crippen LogP contribution in [0.3, 0.4) is 0 Å². The van der Waals surface area contributed by atoms with Crippen LogP contribution in [0.15, 0.2) is 54.6 Å². The summed E-state index contributed by atoms with van der Waals surface area (Å²) in [4.78, 5) is 0. The Kier molecular flexibility index (Phi) is 4.14. The maximum Gasteiger partial charge on any atom is 0.0890 e. The molecule has 0 bridgehead atoms. The maximum absolute atomic E-state index is 5.86. The van der Waals surface area contributed by atoms with Crippen molar-refractivity contribution in [2.24, 2.45) is 0 Å². The van der Waals surface area contributed by atoms with Crippen LogP contribution in [-0.2, 0) is 11.3 Å². The van der Waals surface area contributed by atoms with Crippen molar-refractivity contribution in [2.45, 2.75) is 25.0 Å². The first kappa shape index (κ1) is 13.3. The van der Waals surface area contributed by atoms with E-state index in [1.54, 1.807) is 0 Å². The van der Waals surface area contributed by atoms with Crippen molar-refractivity contribution in [2.75, 3.05) is 13.7 Å². The Hall–Kier alpha value is -1.64. The van der Waals surface area contributed by atoms with E-state index in [9.17, 15) is 0 Å². The van der Waals surface area contributed by atoms with Crippen molar-refractivity contribution in [3.05, 3.63) is 71.3 Å². The van der Waals surface area contributed by atoms with Gasteiger partial charge in [-0.25, -0.2) is 0 Å². The van der Waals surface area contributed by atoms with Crippen molar-refractivity contribution in [3.8, 4) is 0 Å². The predicted octanol–water partition coefficient (Wildman–Crippen LogP) is 3.65. The normalized spacial score (nSPS) is 19.9. The van der Waals surface area contributed by atoms with Crippen molar-refractivity contribution >= 4 is 0 Å². The molecule has 2 heteroatoms. The summed E-state index contributed by atoms with van der Waals surface area (Å²) in [6.07, 6.45) is 1.22. The highest BCUT2D eigenvalue weighted by Gasteiger charge is 2.27. The minimum Gasteiger partial charge on any atom is -0.376 e. The average Bonchev–Trinajstić information content (AvgIpc) is 2.72. The third-order valence-corrected chi connectivity index (χ3v) is 4.15. The van der Waals surface area contributed by atoms with E-state index < -0.39 is 0 Å². The molecular weight excluding hydrogens is 246 g/mol. The van der Waals surface area contributed by atoms with Gasteiger partial charge in [-0.05, 0) is 29.7 Å². The van der Waals surface area contributed by atoms with Crippen LogP contribution in [0, 0.1) is 0 Å². The highest BCUT2D eigenvalue weighted by atomic mass is 16.5. The van der Waals surface area contributed by atoms with Gasteiger partial charge in [0.25, 0.3) is 0 Å². The first-order chi connectivity index (χ1) is 9.90. The summed E-state index contributed by atoms with van der Waals surface area (Å²) in [5.74, 6) is 0.411. The van der Waals surface area contributed by atoms with E-state index in [4.69, 9.17) is 4.74 Å². The van der Waals surface area contributed by atoms with E-state index in [0.717, 1.165) is 19.5 Å². The molecule has 2 nitrogen and oxygen atoms in total. The molecule has 0 saturated heterocycles. The summed E-state index contributed by atoms with van der Waals surface area (Å²) < 4.78 is 5.86. The topological polar surface area (TPSA) is 21.3 Å². The molecule has 1 heterocycles. The van der Waals surface area contributed by atoms with Crippen LogP contribution >= 0.6 is 0 Å². The van der Waals surface area contributed by atoms with E-state index in [2.05, 4.69) is 59.9 Å². The van der Waals surface area contributed by atoms with Gasteiger partial charge >= 0.3 is 0 Å². The van der Waals surface area contributed by atoms with Crippen LogP contribution in [0.25, 0.3) is 0 Å². The monoisotopic (exact) mass is 267 g/mol. The molecule has 0 fully saturated rings. The van der Waals surface area contributed by atoms with Crippen molar-refractivity contribution in [3.63, 3.8) is 0 Å². The zero-order chi connectivity index (χ0) is 13.8. The Labute approximate surface area is 120 Å². The largest absolute Gasteiger partial charge is 0.376 e. The summed E-state index contributed by atoms with van der Waals surface area (Å²) in [6, 6.07) is 19.3. The van der Waals surface area contributed by atoms with Gasteiger partial charge in [-0.1, -0.05) is 54.6 Å². The molecule has 0 amide bonds. The Morgan fingerprint density at radius 1 is 1.05 bits per heavy atom. The second kappa shape index (κ2) is 6.21. The van der Waals surface area contributed by atoms with Gasteiger partial charge in [0.2, 0.25) is 0 Å². The molecule has 0 aliphatic carbocycles. The fraction of sp³-hybridized carbons (Fsp3) is 0.333. The van der Waals surface area contributed by atoms with Gasteiger partial charge in [-0.3, -0.25) is 0 Å². The lowest BCUT2D eigenvalue weighted by Gasteiger charge is -2.27. The van der Waals surface area contributed by atoms with Crippen LogP contribution in [-0.4, -0.2) is 13.7 Å². The van der Waals surface area contributed by atoms with Gasteiger partial charge in [0, 0.05) is 19.6 Å². The van der Waals surface area contributed by atoms with E-state index in [1.165, 1.54) is 16.7 Å². The molecule has 0 spiro atoms. The van der Waals surface area contributed by atoms with Crippen LogP contribution in [0.1, 0.15) is 35.1 Å². The third-order valence-electron chi connectivity index (χ3n) is 4.15. The molecule has 0 unspecified atom stereocenters. The number of hydrogen-bond donors (Lipinski definition) is 1. The fourth-order valence-electron chi connectivity index (χ4n) is 3.18. The molecule has 1 N–H and O–H groups in total. The minimum atomic E-state index is 0.122. The van der Waals surface area contributed by atoms with Crippen LogP contribution < -0.4 is 5.32 Å². The predicted molar refractivity (Wildman–Crippen MR) is 81.7 cm³/mol. The van der Waals surface area contributed by atoms with Gasteiger partial charge in [-0.15, -0.1) is 0 Å². The first-order valence-electron chi connectivity index (χ1n) is 7.26. The van der Waals surface area contributed by atoms with E-state index in [1.807, 2.05) is 7.11 Å². The highest BCUT2D eigenvalue weighted by Crippen LogP contribution is 2.38. The molecule has 3 rings (SSSR count). The average molecular weight is 267 g/mol. The SMILES string of the molecule is CO[C@@H](c1ccccc1)[C@H]1CCNCc2ccccc21. The lowest BCUT2D eigenvalue weighted by Crippen LogP contribution is -2.16. The number of benzene rings is 2. The summed E-state index contributed by atoms with van der Waals surface area (Å²) in [7, 11) is 1.82. The molecule has 2 atom stereocenters. The molecule has 2 aromatic rings. The molecular formula is C18H21NO. The second-order valence-electron chi connectivity index (χ2n) is 5.34. The van der Waals surface area contributed by atoms with Crippen LogP contribution in [0.5, 0.6) is 0 Å². The van der Waals surface area contributed by atoms with E-state index in [-0.39, 0.29) is 6.10 Å². The van der Waals surface area contributed by atoms with E-state index >= 15 is 0 Å². The number of nitrogens with one attached hydrogen (secondary N) is 1. The Morgan fingerprint density at radius 3 is 2.60 bits per heavy atom. The number of ether oxygens (including phenoxy) is 1.